The second-order valence-corrected chi connectivity index (χ2v) is 7.28. The van der Waals surface area contributed by atoms with Gasteiger partial charge in [-0.3, -0.25) is 14.4 Å². The zero-order valence-corrected chi connectivity index (χ0v) is 17.0. The van der Waals surface area contributed by atoms with Crippen molar-refractivity contribution >= 4 is 23.4 Å². The van der Waals surface area contributed by atoms with Crippen LogP contribution in [-0.4, -0.2) is 41.3 Å². The average Bonchev–Trinajstić information content (AvgIpc) is 3.01. The Hall–Kier alpha value is -3.15. The second-order valence-electron chi connectivity index (χ2n) is 7.28. The van der Waals surface area contributed by atoms with Gasteiger partial charge in [0.2, 0.25) is 5.91 Å². The summed E-state index contributed by atoms with van der Waals surface area (Å²) in [5.41, 5.74) is 1.57. The Morgan fingerprint density at radius 3 is 2.41 bits per heavy atom. The highest BCUT2D eigenvalue weighted by Gasteiger charge is 2.45. The van der Waals surface area contributed by atoms with Crippen molar-refractivity contribution in [3.05, 3.63) is 60.2 Å². The topological polar surface area (TPSA) is 66.9 Å². The van der Waals surface area contributed by atoms with Gasteiger partial charge < -0.3 is 9.64 Å². The molecule has 0 bridgehead atoms. The molecule has 152 valence electrons. The molecule has 1 heterocycles. The molecule has 2 aromatic rings. The van der Waals surface area contributed by atoms with E-state index in [0.717, 1.165) is 5.56 Å². The van der Waals surface area contributed by atoms with E-state index < -0.39 is 6.04 Å². The lowest BCUT2D eigenvalue weighted by atomic mass is 10.1. The van der Waals surface area contributed by atoms with E-state index in [1.807, 2.05) is 51.1 Å². The molecule has 0 N–H and O–H groups in total. The predicted octanol–water partition coefficient (Wildman–Crippen LogP) is 3.33. The summed E-state index contributed by atoms with van der Waals surface area (Å²) >= 11 is 0. The first-order valence-electron chi connectivity index (χ1n) is 9.84. The summed E-state index contributed by atoms with van der Waals surface area (Å²) in [6.45, 7) is 5.59. The first kappa shape index (κ1) is 20.6. The van der Waals surface area contributed by atoms with E-state index in [1.54, 1.807) is 24.3 Å². The average molecular weight is 394 g/mol. The first-order valence-corrected chi connectivity index (χ1v) is 9.84. The molecule has 29 heavy (non-hydrogen) atoms. The highest BCUT2D eigenvalue weighted by atomic mass is 16.5. The third-order valence-corrected chi connectivity index (χ3v) is 5.21. The van der Waals surface area contributed by atoms with E-state index in [2.05, 4.69) is 0 Å². The maximum absolute atomic E-state index is 13.1. The summed E-state index contributed by atoms with van der Waals surface area (Å²) in [6.07, 6.45) is 0.647. The first-order chi connectivity index (χ1) is 13.9. The monoisotopic (exact) mass is 394 g/mol. The fourth-order valence-corrected chi connectivity index (χ4v) is 3.46. The smallest absolute Gasteiger partial charge is 0.261 e. The molecule has 3 amide bonds. The third kappa shape index (κ3) is 4.47. The molecular weight excluding hydrogens is 368 g/mol. The van der Waals surface area contributed by atoms with Gasteiger partial charge in [0.1, 0.15) is 11.8 Å². The Labute approximate surface area is 171 Å². The van der Waals surface area contributed by atoms with Crippen LogP contribution in [0.2, 0.25) is 0 Å². The molecule has 2 unspecified atom stereocenters. The van der Waals surface area contributed by atoms with Crippen LogP contribution in [0.15, 0.2) is 54.6 Å². The summed E-state index contributed by atoms with van der Waals surface area (Å²) in [5, 5.41) is 0. The van der Waals surface area contributed by atoms with Gasteiger partial charge in [-0.2, -0.15) is 0 Å². The van der Waals surface area contributed by atoms with Crippen LogP contribution in [0.3, 0.4) is 0 Å². The van der Waals surface area contributed by atoms with E-state index >= 15 is 0 Å². The molecule has 1 saturated heterocycles. The highest BCUT2D eigenvalue weighted by molar-refractivity contribution is 6.23. The summed E-state index contributed by atoms with van der Waals surface area (Å²) < 4.78 is 5.59. The number of nitrogens with zero attached hydrogens (tertiary/aromatic N) is 2. The molecule has 1 fully saturated rings. The van der Waals surface area contributed by atoms with Crippen LogP contribution in [-0.2, 0) is 14.4 Å². The van der Waals surface area contributed by atoms with Gasteiger partial charge in [-0.05, 0) is 44.5 Å². The Kier molecular flexibility index (Phi) is 6.32. The van der Waals surface area contributed by atoms with Crippen molar-refractivity contribution < 1.29 is 19.1 Å². The molecule has 0 aromatic heterocycles. The predicted molar refractivity (Wildman–Crippen MR) is 111 cm³/mol. The molecule has 1 aliphatic rings. The van der Waals surface area contributed by atoms with Gasteiger partial charge in [-0.1, -0.05) is 42.8 Å². The van der Waals surface area contributed by atoms with Gasteiger partial charge in [0.25, 0.3) is 11.8 Å². The SMILES string of the molecule is CCC(C)N(C(=O)COc1ccccc1)C1CC(=O)N(c2ccc(C)cc2)C1=O. The van der Waals surface area contributed by atoms with E-state index in [-0.39, 0.29) is 36.8 Å². The molecule has 0 aliphatic carbocycles. The second kappa shape index (κ2) is 8.90. The number of carbonyl (C=O) groups is 3. The third-order valence-electron chi connectivity index (χ3n) is 5.21. The van der Waals surface area contributed by atoms with Crippen LogP contribution in [0, 0.1) is 6.92 Å². The number of anilines is 1. The Morgan fingerprint density at radius 1 is 1.14 bits per heavy atom. The highest BCUT2D eigenvalue weighted by Crippen LogP contribution is 2.28. The molecule has 0 spiro atoms. The Balaban J connectivity index is 1.79. The van der Waals surface area contributed by atoms with Gasteiger partial charge in [-0.15, -0.1) is 0 Å². The molecule has 0 saturated carbocycles. The van der Waals surface area contributed by atoms with Crippen molar-refractivity contribution in [3.63, 3.8) is 0 Å². The van der Waals surface area contributed by atoms with Crippen LogP contribution < -0.4 is 9.64 Å². The number of para-hydroxylation sites is 1. The van der Waals surface area contributed by atoms with Crippen molar-refractivity contribution in [1.82, 2.24) is 4.90 Å². The molecule has 0 radical (unpaired) electrons. The van der Waals surface area contributed by atoms with Crippen LogP contribution in [0.25, 0.3) is 0 Å². The molecule has 2 aromatic carbocycles. The van der Waals surface area contributed by atoms with Gasteiger partial charge in [0, 0.05) is 6.04 Å². The summed E-state index contributed by atoms with van der Waals surface area (Å²) in [6, 6.07) is 15.3. The van der Waals surface area contributed by atoms with Crippen molar-refractivity contribution in [1.29, 1.82) is 0 Å². The fourth-order valence-electron chi connectivity index (χ4n) is 3.46. The zero-order valence-electron chi connectivity index (χ0n) is 17.0. The molecule has 2 atom stereocenters. The van der Waals surface area contributed by atoms with Crippen molar-refractivity contribution in [2.45, 2.75) is 45.7 Å². The van der Waals surface area contributed by atoms with Crippen molar-refractivity contribution in [2.75, 3.05) is 11.5 Å². The summed E-state index contributed by atoms with van der Waals surface area (Å²) in [7, 11) is 0. The number of hydrogen-bond acceptors (Lipinski definition) is 4. The minimum atomic E-state index is -0.814. The van der Waals surface area contributed by atoms with Crippen LogP contribution in [0.5, 0.6) is 5.75 Å². The van der Waals surface area contributed by atoms with Gasteiger partial charge in [0.05, 0.1) is 12.1 Å². The Morgan fingerprint density at radius 2 is 1.79 bits per heavy atom. The minimum Gasteiger partial charge on any atom is -0.484 e. The van der Waals surface area contributed by atoms with Crippen LogP contribution in [0.1, 0.15) is 32.3 Å². The number of ether oxygens (including phenoxy) is 1. The summed E-state index contributed by atoms with van der Waals surface area (Å²) in [4.78, 5) is 41.4. The quantitative estimate of drug-likeness (QED) is 0.676. The molecule has 3 rings (SSSR count). The van der Waals surface area contributed by atoms with Gasteiger partial charge in [-0.25, -0.2) is 4.90 Å². The van der Waals surface area contributed by atoms with Gasteiger partial charge in [0.15, 0.2) is 6.61 Å². The largest absolute Gasteiger partial charge is 0.484 e. The number of hydrogen-bond donors (Lipinski definition) is 0. The molecule has 1 aliphatic heterocycles. The lowest BCUT2D eigenvalue weighted by molar-refractivity contribution is -0.142. The van der Waals surface area contributed by atoms with Gasteiger partial charge >= 0.3 is 0 Å². The number of amides is 3. The Bertz CT molecular complexity index is 880. The number of imide groups is 1. The number of aryl methyl sites for hydroxylation is 1. The number of benzene rings is 2. The lowest BCUT2D eigenvalue weighted by Crippen LogP contribution is -2.51. The lowest BCUT2D eigenvalue weighted by Gasteiger charge is -2.32. The number of rotatable bonds is 7. The van der Waals surface area contributed by atoms with E-state index in [9.17, 15) is 14.4 Å². The standard InChI is InChI=1S/C23H26N2O4/c1-4-17(3)24(22(27)15-29-19-8-6-5-7-9-19)20-14-21(26)25(23(20)28)18-12-10-16(2)11-13-18/h5-13,17,20H,4,14-15H2,1-3H3. The maximum atomic E-state index is 13.1. The summed E-state index contributed by atoms with van der Waals surface area (Å²) in [5.74, 6) is -0.388. The minimum absolute atomic E-state index is 0.0197. The van der Waals surface area contributed by atoms with Crippen molar-refractivity contribution in [3.8, 4) is 5.75 Å². The molecule has 6 nitrogen and oxygen atoms in total. The molecular formula is C23H26N2O4. The number of carbonyl (C=O) groups excluding carboxylic acids is 3. The van der Waals surface area contributed by atoms with E-state index in [4.69, 9.17) is 4.74 Å². The van der Waals surface area contributed by atoms with Crippen molar-refractivity contribution in [2.24, 2.45) is 0 Å². The fraction of sp³-hybridized carbons (Fsp3) is 0.348. The van der Waals surface area contributed by atoms with E-state index in [0.29, 0.717) is 17.9 Å². The van der Waals surface area contributed by atoms with E-state index in [1.165, 1.54) is 9.80 Å². The maximum Gasteiger partial charge on any atom is 0.261 e. The molecule has 6 heteroatoms. The van der Waals surface area contributed by atoms with Crippen LogP contribution >= 0.6 is 0 Å². The van der Waals surface area contributed by atoms with Crippen LogP contribution in [0.4, 0.5) is 5.69 Å². The zero-order chi connectivity index (χ0) is 21.0. The normalized spacial score (nSPS) is 17.3.